The fourth-order valence-electron chi connectivity index (χ4n) is 4.23. The van der Waals surface area contributed by atoms with Gasteiger partial charge in [0.15, 0.2) is 5.78 Å². The molecule has 0 saturated heterocycles. The number of amides is 1. The van der Waals surface area contributed by atoms with E-state index in [1.165, 1.54) is 19.3 Å². The minimum Gasteiger partial charge on any atom is -0.303 e. The van der Waals surface area contributed by atoms with Crippen LogP contribution >= 0.6 is 0 Å². The van der Waals surface area contributed by atoms with Crippen LogP contribution in [0.3, 0.4) is 0 Å². The predicted octanol–water partition coefficient (Wildman–Crippen LogP) is 2.32. The Balaban J connectivity index is 1.54. The van der Waals surface area contributed by atoms with Crippen molar-refractivity contribution in [2.45, 2.75) is 52.4 Å². The molecule has 0 aromatic heterocycles. The number of allylic oxidation sites excluding steroid dienone is 2. The first-order chi connectivity index (χ1) is 9.43. The van der Waals surface area contributed by atoms with Gasteiger partial charge >= 0.3 is 0 Å². The highest BCUT2D eigenvalue weighted by molar-refractivity contribution is 5.91. The second-order valence-corrected chi connectivity index (χ2v) is 7.55. The Morgan fingerprint density at radius 2 is 2.05 bits per heavy atom. The van der Waals surface area contributed by atoms with Gasteiger partial charge in [-0.25, -0.2) is 0 Å². The van der Waals surface area contributed by atoms with Crippen LogP contribution in [0.2, 0.25) is 0 Å². The van der Waals surface area contributed by atoms with E-state index < -0.39 is 0 Å². The Labute approximate surface area is 120 Å². The quantitative estimate of drug-likeness (QED) is 0.778. The number of carbonyl (C=O) groups is 2. The number of rotatable bonds is 3. The molecule has 0 unspecified atom stereocenters. The molecule has 2 bridgehead atoms. The number of ketones is 1. The molecule has 3 rings (SSSR count). The van der Waals surface area contributed by atoms with Crippen LogP contribution in [0.5, 0.6) is 0 Å². The van der Waals surface area contributed by atoms with Gasteiger partial charge in [-0.15, -0.1) is 0 Å². The Kier molecular flexibility index (Phi) is 3.35. The molecule has 4 heteroatoms. The Morgan fingerprint density at radius 3 is 2.65 bits per heavy atom. The second kappa shape index (κ2) is 4.90. The smallest absolute Gasteiger partial charge is 0.241 e. The molecule has 0 heterocycles. The molecule has 0 radical (unpaired) electrons. The van der Waals surface area contributed by atoms with Crippen LogP contribution < -0.4 is 10.9 Å². The lowest BCUT2D eigenvalue weighted by Gasteiger charge is -2.30. The molecule has 2 saturated carbocycles. The number of hydrogen-bond donors (Lipinski definition) is 2. The molecule has 0 aromatic rings. The van der Waals surface area contributed by atoms with E-state index in [2.05, 4.69) is 24.7 Å². The van der Waals surface area contributed by atoms with Crippen LogP contribution in [0.15, 0.2) is 11.8 Å². The van der Waals surface area contributed by atoms with E-state index in [-0.39, 0.29) is 23.0 Å². The molecule has 0 spiro atoms. The average Bonchev–Trinajstić information content (AvgIpc) is 2.95. The molecule has 20 heavy (non-hydrogen) atoms. The maximum absolute atomic E-state index is 12.2. The number of carbonyl (C=O) groups excluding carboxylic acids is 2. The van der Waals surface area contributed by atoms with Crippen LogP contribution in [0.25, 0.3) is 0 Å². The summed E-state index contributed by atoms with van der Waals surface area (Å²) in [5, 5.41) is 0. The number of nitrogens with one attached hydrogen (secondary N) is 2. The van der Waals surface area contributed by atoms with Gasteiger partial charge in [0.2, 0.25) is 5.91 Å². The summed E-state index contributed by atoms with van der Waals surface area (Å²) in [7, 11) is 0. The van der Waals surface area contributed by atoms with Crippen molar-refractivity contribution in [2.75, 3.05) is 0 Å². The van der Waals surface area contributed by atoms with Crippen molar-refractivity contribution >= 4 is 11.7 Å². The second-order valence-electron chi connectivity index (χ2n) is 7.55. The van der Waals surface area contributed by atoms with E-state index in [1.54, 1.807) is 6.08 Å². The fraction of sp³-hybridized carbons (Fsp3) is 0.750. The normalized spacial score (nSPS) is 34.8. The van der Waals surface area contributed by atoms with E-state index >= 15 is 0 Å². The fourth-order valence-corrected chi connectivity index (χ4v) is 4.23. The van der Waals surface area contributed by atoms with Gasteiger partial charge in [0.05, 0.1) is 0 Å². The van der Waals surface area contributed by atoms with E-state index in [4.69, 9.17) is 0 Å². The van der Waals surface area contributed by atoms with Crippen LogP contribution in [0.4, 0.5) is 0 Å². The lowest BCUT2D eigenvalue weighted by molar-refractivity contribution is -0.127. The summed E-state index contributed by atoms with van der Waals surface area (Å²) < 4.78 is 0. The molecule has 3 aliphatic rings. The molecule has 0 aromatic carbocycles. The van der Waals surface area contributed by atoms with Crippen molar-refractivity contribution < 1.29 is 9.59 Å². The number of hydrogen-bond acceptors (Lipinski definition) is 3. The summed E-state index contributed by atoms with van der Waals surface area (Å²) in [4.78, 5) is 23.9. The summed E-state index contributed by atoms with van der Waals surface area (Å²) in [5.74, 6) is 1.77. The lowest BCUT2D eigenvalue weighted by atomic mass is 9.79. The summed E-state index contributed by atoms with van der Waals surface area (Å²) in [6.45, 7) is 4.16. The highest BCUT2D eigenvalue weighted by Crippen LogP contribution is 2.48. The maximum Gasteiger partial charge on any atom is 0.241 e. The highest BCUT2D eigenvalue weighted by Gasteiger charge is 2.43. The van der Waals surface area contributed by atoms with E-state index in [0.717, 1.165) is 24.5 Å². The van der Waals surface area contributed by atoms with Crippen LogP contribution in [0, 0.1) is 23.2 Å². The third-order valence-corrected chi connectivity index (χ3v) is 5.08. The number of hydrazine groups is 1. The van der Waals surface area contributed by atoms with E-state index in [9.17, 15) is 9.59 Å². The SMILES string of the molecule is CC1(C)CC(=O)C=C(NNC(=O)[C@H]2C[C@H]3CC[C@H]2C3)C1. The van der Waals surface area contributed by atoms with Crippen molar-refractivity contribution in [2.24, 2.45) is 23.2 Å². The molecule has 3 aliphatic carbocycles. The third kappa shape index (κ3) is 2.74. The molecular formula is C16H24N2O2. The van der Waals surface area contributed by atoms with Crippen molar-refractivity contribution in [1.82, 2.24) is 10.9 Å². The first-order valence-electron chi connectivity index (χ1n) is 7.72. The minimum absolute atomic E-state index is 0.0225. The van der Waals surface area contributed by atoms with Gasteiger partial charge in [-0.3, -0.25) is 15.0 Å². The van der Waals surface area contributed by atoms with Crippen molar-refractivity contribution in [3.63, 3.8) is 0 Å². The molecule has 3 atom stereocenters. The van der Waals surface area contributed by atoms with Gasteiger partial charge in [-0.1, -0.05) is 20.3 Å². The molecule has 0 aliphatic heterocycles. The van der Waals surface area contributed by atoms with Gasteiger partial charge in [-0.2, -0.15) is 0 Å². The number of fused-ring (bicyclic) bond motifs is 2. The summed E-state index contributed by atoms with van der Waals surface area (Å²) in [5.41, 5.74) is 6.63. The topological polar surface area (TPSA) is 58.2 Å². The zero-order chi connectivity index (χ0) is 14.3. The summed E-state index contributed by atoms with van der Waals surface area (Å²) in [6, 6.07) is 0. The minimum atomic E-state index is -0.0225. The summed E-state index contributed by atoms with van der Waals surface area (Å²) >= 11 is 0. The Hall–Kier alpha value is -1.32. The van der Waals surface area contributed by atoms with Crippen molar-refractivity contribution in [1.29, 1.82) is 0 Å². The van der Waals surface area contributed by atoms with Crippen LogP contribution in [-0.4, -0.2) is 11.7 Å². The van der Waals surface area contributed by atoms with Gasteiger partial charge in [0.25, 0.3) is 0 Å². The van der Waals surface area contributed by atoms with Crippen molar-refractivity contribution in [3.8, 4) is 0 Å². The predicted molar refractivity (Wildman–Crippen MR) is 76.3 cm³/mol. The van der Waals surface area contributed by atoms with E-state index in [0.29, 0.717) is 12.3 Å². The molecule has 2 fully saturated rings. The van der Waals surface area contributed by atoms with Gasteiger partial charge in [-0.05, 0) is 42.9 Å². The third-order valence-electron chi connectivity index (χ3n) is 5.08. The van der Waals surface area contributed by atoms with Gasteiger partial charge < -0.3 is 5.43 Å². The standard InChI is InChI=1S/C16H24N2O2/c1-16(2)8-12(7-13(19)9-16)17-18-15(20)14-6-10-3-4-11(14)5-10/h7,10-11,14,17H,3-6,8-9H2,1-2H3,(H,18,20)/t10-,11-,14-/m0/s1. The molecular weight excluding hydrogens is 252 g/mol. The van der Waals surface area contributed by atoms with Crippen molar-refractivity contribution in [3.05, 3.63) is 11.8 Å². The van der Waals surface area contributed by atoms with E-state index in [1.807, 2.05) is 0 Å². The molecule has 110 valence electrons. The molecule has 1 amide bonds. The summed E-state index contributed by atoms with van der Waals surface area (Å²) in [6.07, 6.45) is 7.79. The van der Waals surface area contributed by atoms with Gasteiger partial charge in [0.1, 0.15) is 0 Å². The monoisotopic (exact) mass is 276 g/mol. The van der Waals surface area contributed by atoms with Crippen LogP contribution in [-0.2, 0) is 9.59 Å². The lowest BCUT2D eigenvalue weighted by Crippen LogP contribution is -2.43. The zero-order valence-electron chi connectivity index (χ0n) is 12.4. The zero-order valence-corrected chi connectivity index (χ0v) is 12.4. The molecule has 4 nitrogen and oxygen atoms in total. The Bertz CT molecular complexity index is 467. The van der Waals surface area contributed by atoms with Crippen LogP contribution in [0.1, 0.15) is 52.4 Å². The average molecular weight is 276 g/mol. The van der Waals surface area contributed by atoms with Gasteiger partial charge in [0, 0.05) is 24.1 Å². The maximum atomic E-state index is 12.2. The highest BCUT2D eigenvalue weighted by atomic mass is 16.2. The molecule has 2 N–H and O–H groups in total. The largest absolute Gasteiger partial charge is 0.303 e. The first-order valence-corrected chi connectivity index (χ1v) is 7.72. The Morgan fingerprint density at radius 1 is 1.25 bits per heavy atom. The first kappa shape index (κ1) is 13.7.